The van der Waals surface area contributed by atoms with Crippen molar-refractivity contribution in [3.8, 4) is 11.4 Å². The summed E-state index contributed by atoms with van der Waals surface area (Å²) in [6, 6.07) is 28.1. The summed E-state index contributed by atoms with van der Waals surface area (Å²) in [5, 5.41) is 14.5. The Bertz CT molecular complexity index is 1430. The smallest absolute Gasteiger partial charge is 0.237 e. The molecule has 0 aliphatic rings. The number of aromatic nitrogens is 4. The number of pyridine rings is 1. The number of rotatable bonds is 8. The third kappa shape index (κ3) is 5.25. The molecule has 2 heterocycles. The van der Waals surface area contributed by atoms with Gasteiger partial charge in [-0.3, -0.25) is 9.78 Å². The molecule has 174 valence electrons. The van der Waals surface area contributed by atoms with E-state index >= 15 is 0 Å². The Morgan fingerprint density at radius 3 is 2.57 bits per heavy atom. The maximum absolute atomic E-state index is 13.1. The van der Waals surface area contributed by atoms with E-state index in [0.717, 1.165) is 34.3 Å². The van der Waals surface area contributed by atoms with Gasteiger partial charge in [0.05, 0.1) is 5.25 Å². The van der Waals surface area contributed by atoms with E-state index in [1.807, 2.05) is 79.7 Å². The number of amides is 1. The predicted octanol–water partition coefficient (Wildman–Crippen LogP) is 5.86. The minimum Gasteiger partial charge on any atom is -0.325 e. The van der Waals surface area contributed by atoms with Crippen LogP contribution in [-0.4, -0.2) is 30.9 Å². The van der Waals surface area contributed by atoms with Crippen molar-refractivity contribution in [2.24, 2.45) is 0 Å². The highest BCUT2D eigenvalue weighted by molar-refractivity contribution is 8.00. The van der Waals surface area contributed by atoms with Gasteiger partial charge in [0.15, 0.2) is 11.0 Å². The standard InChI is InChI=1S/C28H25N5OS/c1-20(27(34)30-25-15-7-12-22-11-5-6-14-24(22)25)35-28-32-31-26(23-13-8-17-29-19-23)33(28)18-16-21-9-3-2-4-10-21/h2-15,17,19-20H,16,18H2,1H3,(H,30,34)/t20-/m1/s1. The van der Waals surface area contributed by atoms with Crippen molar-refractivity contribution < 1.29 is 4.79 Å². The number of benzene rings is 3. The minimum absolute atomic E-state index is 0.0770. The quantitative estimate of drug-likeness (QED) is 0.282. The molecule has 0 aliphatic heterocycles. The Hall–Kier alpha value is -3.97. The highest BCUT2D eigenvalue weighted by atomic mass is 32.2. The molecule has 5 rings (SSSR count). The molecule has 3 aromatic carbocycles. The monoisotopic (exact) mass is 479 g/mol. The summed E-state index contributed by atoms with van der Waals surface area (Å²) in [5.74, 6) is 0.671. The molecule has 0 spiro atoms. The molecule has 6 nitrogen and oxygen atoms in total. The molecular formula is C28H25N5OS. The zero-order valence-electron chi connectivity index (χ0n) is 19.3. The lowest BCUT2D eigenvalue weighted by Crippen LogP contribution is -2.23. The van der Waals surface area contributed by atoms with Crippen LogP contribution in [0.25, 0.3) is 22.2 Å². The molecule has 0 saturated heterocycles. The van der Waals surface area contributed by atoms with Gasteiger partial charge in [0, 0.05) is 35.6 Å². The van der Waals surface area contributed by atoms with Crippen molar-refractivity contribution in [1.29, 1.82) is 0 Å². The molecule has 1 N–H and O–H groups in total. The fraction of sp³-hybridized carbons (Fsp3) is 0.143. The van der Waals surface area contributed by atoms with Crippen LogP contribution in [0.1, 0.15) is 12.5 Å². The van der Waals surface area contributed by atoms with Crippen LogP contribution < -0.4 is 5.32 Å². The summed E-state index contributed by atoms with van der Waals surface area (Å²) in [7, 11) is 0. The van der Waals surface area contributed by atoms with Gasteiger partial charge >= 0.3 is 0 Å². The molecular weight excluding hydrogens is 454 g/mol. The Balaban J connectivity index is 1.37. The summed E-state index contributed by atoms with van der Waals surface area (Å²) >= 11 is 1.41. The van der Waals surface area contributed by atoms with E-state index in [2.05, 4.69) is 37.2 Å². The first-order chi connectivity index (χ1) is 17.2. The first-order valence-electron chi connectivity index (χ1n) is 11.5. The average Bonchev–Trinajstić information content (AvgIpc) is 3.31. The summed E-state index contributed by atoms with van der Waals surface area (Å²) < 4.78 is 2.08. The Labute approximate surface area is 208 Å². The zero-order valence-corrected chi connectivity index (χ0v) is 20.2. The van der Waals surface area contributed by atoms with Crippen LogP contribution in [-0.2, 0) is 17.8 Å². The third-order valence-electron chi connectivity index (χ3n) is 5.80. The number of hydrogen-bond donors (Lipinski definition) is 1. The minimum atomic E-state index is -0.365. The van der Waals surface area contributed by atoms with Crippen molar-refractivity contribution in [1.82, 2.24) is 19.7 Å². The summed E-state index contributed by atoms with van der Waals surface area (Å²) in [4.78, 5) is 17.4. The molecule has 1 amide bonds. The summed E-state index contributed by atoms with van der Waals surface area (Å²) in [6.45, 7) is 2.59. The zero-order chi connectivity index (χ0) is 24.0. The van der Waals surface area contributed by atoms with Gasteiger partial charge in [-0.1, -0.05) is 78.5 Å². The number of aryl methyl sites for hydroxylation is 1. The van der Waals surface area contributed by atoms with Crippen LogP contribution in [0.3, 0.4) is 0 Å². The number of anilines is 1. The molecule has 0 saturated carbocycles. The molecule has 1 atom stereocenters. The highest BCUT2D eigenvalue weighted by Crippen LogP contribution is 2.29. The highest BCUT2D eigenvalue weighted by Gasteiger charge is 2.21. The van der Waals surface area contributed by atoms with Crippen molar-refractivity contribution >= 4 is 34.1 Å². The van der Waals surface area contributed by atoms with Crippen LogP contribution in [0.15, 0.2) is 102 Å². The number of thioether (sulfide) groups is 1. The second-order valence-corrected chi connectivity index (χ2v) is 9.52. The molecule has 0 unspecified atom stereocenters. The normalized spacial score (nSPS) is 11.9. The molecule has 2 aromatic heterocycles. The van der Waals surface area contributed by atoms with Crippen LogP contribution >= 0.6 is 11.8 Å². The number of nitrogens with zero attached hydrogens (tertiary/aromatic N) is 4. The van der Waals surface area contributed by atoms with Gasteiger partial charge in [-0.2, -0.15) is 0 Å². The number of fused-ring (bicyclic) bond motifs is 1. The van der Waals surface area contributed by atoms with Crippen LogP contribution in [0, 0.1) is 0 Å². The summed E-state index contributed by atoms with van der Waals surface area (Å²) in [6.07, 6.45) is 4.36. The Morgan fingerprint density at radius 1 is 0.943 bits per heavy atom. The van der Waals surface area contributed by atoms with E-state index in [1.54, 1.807) is 12.4 Å². The maximum atomic E-state index is 13.1. The number of carbonyl (C=O) groups excluding carboxylic acids is 1. The van der Waals surface area contributed by atoms with E-state index in [4.69, 9.17) is 0 Å². The molecule has 7 heteroatoms. The fourth-order valence-electron chi connectivity index (χ4n) is 3.95. The van der Waals surface area contributed by atoms with E-state index in [0.29, 0.717) is 11.7 Å². The third-order valence-corrected chi connectivity index (χ3v) is 6.88. The van der Waals surface area contributed by atoms with E-state index in [9.17, 15) is 4.79 Å². The Morgan fingerprint density at radius 2 is 1.74 bits per heavy atom. The largest absolute Gasteiger partial charge is 0.325 e. The second kappa shape index (κ2) is 10.5. The maximum Gasteiger partial charge on any atom is 0.237 e. The van der Waals surface area contributed by atoms with Crippen LogP contribution in [0.2, 0.25) is 0 Å². The van der Waals surface area contributed by atoms with E-state index in [1.165, 1.54) is 17.3 Å². The van der Waals surface area contributed by atoms with Crippen molar-refractivity contribution in [2.45, 2.75) is 30.3 Å². The molecule has 0 fully saturated rings. The van der Waals surface area contributed by atoms with Gasteiger partial charge in [-0.15, -0.1) is 10.2 Å². The fourth-order valence-corrected chi connectivity index (χ4v) is 4.83. The molecule has 0 radical (unpaired) electrons. The van der Waals surface area contributed by atoms with Gasteiger partial charge < -0.3 is 9.88 Å². The van der Waals surface area contributed by atoms with Crippen molar-refractivity contribution in [2.75, 3.05) is 5.32 Å². The van der Waals surface area contributed by atoms with E-state index in [-0.39, 0.29) is 11.2 Å². The van der Waals surface area contributed by atoms with E-state index < -0.39 is 0 Å². The molecule has 5 aromatic rings. The lowest BCUT2D eigenvalue weighted by atomic mass is 10.1. The van der Waals surface area contributed by atoms with Crippen LogP contribution in [0.4, 0.5) is 5.69 Å². The average molecular weight is 480 g/mol. The molecule has 35 heavy (non-hydrogen) atoms. The number of carbonyl (C=O) groups is 1. The molecule has 0 aliphatic carbocycles. The number of nitrogens with one attached hydrogen (secondary N) is 1. The first kappa shape index (κ1) is 22.8. The second-order valence-electron chi connectivity index (χ2n) is 8.21. The van der Waals surface area contributed by atoms with Gasteiger partial charge in [0.25, 0.3) is 0 Å². The van der Waals surface area contributed by atoms with Gasteiger partial charge in [-0.25, -0.2) is 0 Å². The first-order valence-corrected chi connectivity index (χ1v) is 12.4. The van der Waals surface area contributed by atoms with Crippen LogP contribution in [0.5, 0.6) is 0 Å². The lowest BCUT2D eigenvalue weighted by molar-refractivity contribution is -0.115. The Kier molecular flexibility index (Phi) is 6.86. The lowest BCUT2D eigenvalue weighted by Gasteiger charge is -2.15. The SMILES string of the molecule is C[C@@H](Sc1nnc(-c2cccnc2)n1CCc1ccccc1)C(=O)Nc1cccc2ccccc12. The predicted molar refractivity (Wildman–Crippen MR) is 141 cm³/mol. The number of hydrogen-bond acceptors (Lipinski definition) is 5. The van der Waals surface area contributed by atoms with Crippen molar-refractivity contribution in [3.63, 3.8) is 0 Å². The van der Waals surface area contributed by atoms with Crippen molar-refractivity contribution in [3.05, 3.63) is 103 Å². The van der Waals surface area contributed by atoms with Gasteiger partial charge in [0.1, 0.15) is 0 Å². The molecule has 0 bridgehead atoms. The van der Waals surface area contributed by atoms with Gasteiger partial charge in [0.2, 0.25) is 5.91 Å². The topological polar surface area (TPSA) is 72.7 Å². The van der Waals surface area contributed by atoms with Gasteiger partial charge in [-0.05, 0) is 42.5 Å². The summed E-state index contributed by atoms with van der Waals surface area (Å²) in [5.41, 5.74) is 2.94.